The Hall–Kier alpha value is -4.33. The molecule has 3 aromatic carbocycles. The number of esters is 1. The van der Waals surface area contributed by atoms with E-state index in [-0.39, 0.29) is 19.2 Å². The van der Waals surface area contributed by atoms with E-state index in [2.05, 4.69) is 41.3 Å². The minimum atomic E-state index is -0.812. The fourth-order valence-electron chi connectivity index (χ4n) is 6.54. The van der Waals surface area contributed by atoms with Crippen LogP contribution in [0.15, 0.2) is 67.0 Å². The van der Waals surface area contributed by atoms with Crippen LogP contribution in [0.3, 0.4) is 0 Å². The van der Waals surface area contributed by atoms with E-state index < -0.39 is 5.54 Å². The Morgan fingerprint density at radius 3 is 2.61 bits per heavy atom. The number of likely N-dealkylation sites (tertiary alicyclic amines) is 1. The number of benzene rings is 3. The summed E-state index contributed by atoms with van der Waals surface area (Å²) in [5.41, 5.74) is 4.99. The summed E-state index contributed by atoms with van der Waals surface area (Å²) >= 11 is 13.8. The van der Waals surface area contributed by atoms with Crippen molar-refractivity contribution in [2.75, 3.05) is 33.4 Å². The SMILES string of the molecule is Cc1c(COc2cc(OCc3cncc(C#N)c3)c(CNC3(C)CCOC3=O)cc2Cl)cccc1-c1cccc(OCC2CCCN(C)C2)c1Cl. The molecule has 9 nitrogen and oxygen atoms in total. The number of nitriles is 1. The maximum absolute atomic E-state index is 12.4. The lowest BCUT2D eigenvalue weighted by Crippen LogP contribution is -2.45. The lowest BCUT2D eigenvalue weighted by molar-refractivity contribution is -0.143. The first kappa shape index (κ1) is 36.5. The van der Waals surface area contributed by atoms with Gasteiger partial charge in [0.1, 0.15) is 42.1 Å². The highest BCUT2D eigenvalue weighted by Crippen LogP contribution is 2.39. The first-order valence-corrected chi connectivity index (χ1v) is 17.9. The summed E-state index contributed by atoms with van der Waals surface area (Å²) in [5, 5.41) is 13.6. The van der Waals surface area contributed by atoms with Gasteiger partial charge in [-0.1, -0.05) is 53.5 Å². The molecular weight excluding hydrogens is 687 g/mol. The van der Waals surface area contributed by atoms with E-state index in [1.54, 1.807) is 24.4 Å². The molecule has 1 N–H and O–H groups in total. The van der Waals surface area contributed by atoms with Gasteiger partial charge in [0.25, 0.3) is 0 Å². The Kier molecular flexibility index (Phi) is 11.7. The molecule has 0 aliphatic carbocycles. The molecule has 1 aromatic heterocycles. The summed E-state index contributed by atoms with van der Waals surface area (Å²) < 4.78 is 24.1. The molecule has 51 heavy (non-hydrogen) atoms. The van der Waals surface area contributed by atoms with Crippen LogP contribution in [0.4, 0.5) is 0 Å². The van der Waals surface area contributed by atoms with Gasteiger partial charge in [0.05, 0.1) is 28.8 Å². The summed E-state index contributed by atoms with van der Waals surface area (Å²) in [5.74, 6) is 1.84. The van der Waals surface area contributed by atoms with Crippen molar-refractivity contribution in [2.24, 2.45) is 5.92 Å². The van der Waals surface area contributed by atoms with Gasteiger partial charge in [0.2, 0.25) is 0 Å². The van der Waals surface area contributed by atoms with Gasteiger partial charge in [-0.3, -0.25) is 15.1 Å². The average Bonchev–Trinajstić information content (AvgIpc) is 3.47. The number of carbonyl (C=O) groups is 1. The van der Waals surface area contributed by atoms with Gasteiger partial charge in [-0.2, -0.15) is 5.26 Å². The van der Waals surface area contributed by atoms with Gasteiger partial charge in [0.15, 0.2) is 0 Å². The standard InChI is InChI=1S/C40H42Cl2N4O5/c1-26-30(8-4-9-32(26)33-10-5-11-35(38(33)42)49-23-27-7-6-13-46(3)22-27)25-51-37-17-36(50-24-29-15-28(18-43)19-44-20-29)31(16-34(37)41)21-45-40(2)12-14-48-39(40)47/h4-5,8-11,15-17,19-20,27,45H,6-7,12-14,21-25H2,1-3H3. The number of nitrogens with one attached hydrogen (secondary N) is 1. The van der Waals surface area contributed by atoms with Gasteiger partial charge in [-0.05, 0) is 75.2 Å². The van der Waals surface area contributed by atoms with Crippen LogP contribution in [0.5, 0.6) is 17.2 Å². The number of hydrogen-bond donors (Lipinski definition) is 1. The zero-order valence-corrected chi connectivity index (χ0v) is 30.6. The quantitative estimate of drug-likeness (QED) is 0.138. The van der Waals surface area contributed by atoms with E-state index in [4.69, 9.17) is 42.1 Å². The monoisotopic (exact) mass is 728 g/mol. The van der Waals surface area contributed by atoms with E-state index >= 15 is 0 Å². The number of cyclic esters (lactones) is 1. The fraction of sp³-hybridized carbons (Fsp3) is 0.375. The zero-order chi connectivity index (χ0) is 36.0. The molecule has 11 heteroatoms. The third kappa shape index (κ3) is 8.77. The largest absolute Gasteiger partial charge is 0.492 e. The lowest BCUT2D eigenvalue weighted by Gasteiger charge is -2.29. The normalized spacial score (nSPS) is 19.0. The fourth-order valence-corrected chi connectivity index (χ4v) is 7.07. The van der Waals surface area contributed by atoms with Crippen molar-refractivity contribution in [3.63, 3.8) is 0 Å². The van der Waals surface area contributed by atoms with Crippen molar-refractivity contribution in [3.05, 3.63) is 105 Å². The molecule has 2 unspecified atom stereocenters. The van der Waals surface area contributed by atoms with Crippen molar-refractivity contribution in [1.29, 1.82) is 5.26 Å². The number of aromatic nitrogens is 1. The van der Waals surface area contributed by atoms with E-state index in [1.165, 1.54) is 12.6 Å². The smallest absolute Gasteiger partial charge is 0.326 e. The Labute approximate surface area is 309 Å². The second kappa shape index (κ2) is 16.3. The molecule has 2 aliphatic heterocycles. The third-order valence-corrected chi connectivity index (χ3v) is 10.4. The second-order valence-corrected chi connectivity index (χ2v) is 14.3. The number of halogens is 2. The van der Waals surface area contributed by atoms with Crippen molar-refractivity contribution in [3.8, 4) is 34.4 Å². The van der Waals surface area contributed by atoms with Crippen LogP contribution in [0.25, 0.3) is 11.1 Å². The van der Waals surface area contributed by atoms with Crippen LogP contribution >= 0.6 is 23.2 Å². The number of hydrogen-bond acceptors (Lipinski definition) is 9. The molecule has 2 atom stereocenters. The van der Waals surface area contributed by atoms with Crippen LogP contribution in [-0.4, -0.2) is 54.7 Å². The van der Waals surface area contributed by atoms with Crippen LogP contribution in [0.2, 0.25) is 10.0 Å². The molecule has 266 valence electrons. The van der Waals surface area contributed by atoms with E-state index in [0.29, 0.717) is 65.0 Å². The molecular formula is C40H42Cl2N4O5. The number of nitrogens with zero attached hydrogens (tertiary/aromatic N) is 3. The Bertz CT molecular complexity index is 1930. The highest BCUT2D eigenvalue weighted by Gasteiger charge is 2.39. The zero-order valence-electron chi connectivity index (χ0n) is 29.1. The van der Waals surface area contributed by atoms with Crippen molar-refractivity contribution in [2.45, 2.75) is 58.4 Å². The third-order valence-electron chi connectivity index (χ3n) is 9.67. The molecule has 6 rings (SSSR count). The number of ether oxygens (including phenoxy) is 4. The van der Waals surface area contributed by atoms with Crippen LogP contribution in [0, 0.1) is 24.2 Å². The minimum Gasteiger partial charge on any atom is -0.492 e. The van der Waals surface area contributed by atoms with Crippen molar-refractivity contribution < 1.29 is 23.7 Å². The summed E-state index contributed by atoms with van der Waals surface area (Å²) in [6, 6.07) is 19.4. The molecule has 2 aliphatic rings. The molecule has 0 spiro atoms. The Morgan fingerprint density at radius 1 is 1.02 bits per heavy atom. The van der Waals surface area contributed by atoms with E-state index in [0.717, 1.165) is 52.9 Å². The highest BCUT2D eigenvalue weighted by atomic mass is 35.5. The molecule has 3 heterocycles. The van der Waals surface area contributed by atoms with Gasteiger partial charge in [-0.15, -0.1) is 0 Å². The number of piperidine rings is 1. The minimum absolute atomic E-state index is 0.165. The van der Waals surface area contributed by atoms with Crippen LogP contribution in [0.1, 0.15) is 54.0 Å². The molecule has 2 fully saturated rings. The second-order valence-electron chi connectivity index (χ2n) is 13.5. The first-order chi connectivity index (χ1) is 24.6. The van der Waals surface area contributed by atoms with Crippen molar-refractivity contribution in [1.82, 2.24) is 15.2 Å². The number of carbonyl (C=O) groups excluding carboxylic acids is 1. The maximum atomic E-state index is 12.4. The number of rotatable bonds is 13. The van der Waals surface area contributed by atoms with Gasteiger partial charge in [0, 0.05) is 60.6 Å². The van der Waals surface area contributed by atoms with E-state index in [9.17, 15) is 10.1 Å². The molecule has 2 saturated heterocycles. The van der Waals surface area contributed by atoms with Gasteiger partial charge >= 0.3 is 5.97 Å². The van der Waals surface area contributed by atoms with Crippen molar-refractivity contribution >= 4 is 29.2 Å². The summed E-state index contributed by atoms with van der Waals surface area (Å²) in [4.78, 5) is 18.9. The molecule has 0 bridgehead atoms. The number of pyridine rings is 1. The average molecular weight is 730 g/mol. The molecule has 4 aromatic rings. The summed E-state index contributed by atoms with van der Waals surface area (Å²) in [6.45, 7) is 7.76. The van der Waals surface area contributed by atoms with Gasteiger partial charge in [-0.25, -0.2) is 0 Å². The predicted octanol–water partition coefficient (Wildman–Crippen LogP) is 7.91. The lowest BCUT2D eigenvalue weighted by atomic mass is 9.96. The van der Waals surface area contributed by atoms with Crippen LogP contribution in [-0.2, 0) is 29.3 Å². The predicted molar refractivity (Wildman–Crippen MR) is 197 cm³/mol. The Morgan fingerprint density at radius 2 is 1.82 bits per heavy atom. The maximum Gasteiger partial charge on any atom is 0.326 e. The highest BCUT2D eigenvalue weighted by molar-refractivity contribution is 6.35. The Balaban J connectivity index is 1.20. The van der Waals surface area contributed by atoms with Gasteiger partial charge < -0.3 is 23.8 Å². The molecule has 0 saturated carbocycles. The first-order valence-electron chi connectivity index (χ1n) is 17.2. The molecule has 0 radical (unpaired) electrons. The topological polar surface area (TPSA) is 106 Å². The molecule has 0 amide bonds. The van der Waals surface area contributed by atoms with Crippen LogP contribution < -0.4 is 19.5 Å². The summed E-state index contributed by atoms with van der Waals surface area (Å²) in [7, 11) is 2.15. The van der Waals surface area contributed by atoms with E-state index in [1.807, 2.05) is 37.3 Å². The summed E-state index contributed by atoms with van der Waals surface area (Å²) in [6.07, 6.45) is 6.05.